The number of benzene rings is 2. The fourth-order valence-corrected chi connectivity index (χ4v) is 2.32. The Morgan fingerprint density at radius 2 is 1.92 bits per heavy atom. The van der Waals surface area contributed by atoms with E-state index in [1.165, 1.54) is 12.1 Å². The molecule has 3 aromatic rings. The normalized spacial score (nSPS) is 10.6. The lowest BCUT2D eigenvalue weighted by Crippen LogP contribution is -1.95. The second kappa shape index (κ2) is 6.11. The number of ether oxygens (including phenoxy) is 2. The van der Waals surface area contributed by atoms with Gasteiger partial charge in [0, 0.05) is 29.3 Å². The fourth-order valence-electron chi connectivity index (χ4n) is 2.32. The third-order valence-corrected chi connectivity index (χ3v) is 3.45. The number of aryl methyl sites for hydroxylation is 1. The average Bonchev–Trinajstić information content (AvgIpc) is 2.55. The van der Waals surface area contributed by atoms with E-state index in [2.05, 4.69) is 4.98 Å². The zero-order valence-corrected chi connectivity index (χ0v) is 12.9. The minimum Gasteiger partial charge on any atom is -0.497 e. The number of fused-ring (bicyclic) bond motifs is 1. The van der Waals surface area contributed by atoms with Crippen molar-refractivity contribution in [2.45, 2.75) is 6.92 Å². The molecule has 1 aromatic heterocycles. The molecule has 0 aliphatic heterocycles. The van der Waals surface area contributed by atoms with E-state index in [4.69, 9.17) is 9.47 Å². The summed E-state index contributed by atoms with van der Waals surface area (Å²) >= 11 is 0. The third-order valence-electron chi connectivity index (χ3n) is 3.45. The van der Waals surface area contributed by atoms with Crippen LogP contribution in [0.4, 0.5) is 10.1 Å². The molecule has 122 valence electrons. The SMILES string of the molecule is COc1ccc2c(Oc3ccc([N+](=O)[O-])cc3F)cc(C)nc2c1. The second-order valence-electron chi connectivity index (χ2n) is 5.12. The van der Waals surface area contributed by atoms with Gasteiger partial charge in [0.05, 0.1) is 23.6 Å². The first-order valence-electron chi connectivity index (χ1n) is 7.05. The van der Waals surface area contributed by atoms with E-state index in [-0.39, 0.29) is 11.4 Å². The molecule has 0 radical (unpaired) electrons. The summed E-state index contributed by atoms with van der Waals surface area (Å²) < 4.78 is 24.9. The van der Waals surface area contributed by atoms with Gasteiger partial charge in [0.25, 0.3) is 5.69 Å². The molecule has 0 N–H and O–H groups in total. The summed E-state index contributed by atoms with van der Waals surface area (Å²) in [6.07, 6.45) is 0. The van der Waals surface area contributed by atoms with Gasteiger partial charge in [-0.3, -0.25) is 15.1 Å². The fraction of sp³-hybridized carbons (Fsp3) is 0.118. The van der Waals surface area contributed by atoms with Crippen molar-refractivity contribution in [1.29, 1.82) is 0 Å². The van der Waals surface area contributed by atoms with Gasteiger partial charge in [0.2, 0.25) is 0 Å². The largest absolute Gasteiger partial charge is 0.497 e. The smallest absolute Gasteiger partial charge is 0.272 e. The maximum atomic E-state index is 14.1. The first kappa shape index (κ1) is 15.7. The first-order chi connectivity index (χ1) is 11.5. The Labute approximate surface area is 136 Å². The Kier molecular flexibility index (Phi) is 3.99. The van der Waals surface area contributed by atoms with Crippen LogP contribution in [-0.2, 0) is 0 Å². The van der Waals surface area contributed by atoms with Crippen molar-refractivity contribution >= 4 is 16.6 Å². The molecule has 0 aliphatic carbocycles. The topological polar surface area (TPSA) is 74.5 Å². The highest BCUT2D eigenvalue weighted by Crippen LogP contribution is 2.33. The molecule has 0 aliphatic rings. The van der Waals surface area contributed by atoms with Crippen LogP contribution in [0.1, 0.15) is 5.69 Å². The molecule has 0 unspecified atom stereocenters. The highest BCUT2D eigenvalue weighted by molar-refractivity contribution is 5.86. The molecule has 0 fully saturated rings. The Bertz CT molecular complexity index is 943. The van der Waals surface area contributed by atoms with Gasteiger partial charge in [-0.2, -0.15) is 0 Å². The van der Waals surface area contributed by atoms with Crippen LogP contribution in [-0.4, -0.2) is 17.0 Å². The molecule has 0 saturated heterocycles. The third kappa shape index (κ3) is 2.96. The van der Waals surface area contributed by atoms with Crippen LogP contribution >= 0.6 is 0 Å². The number of pyridine rings is 1. The van der Waals surface area contributed by atoms with E-state index >= 15 is 0 Å². The molecule has 0 spiro atoms. The molecule has 0 saturated carbocycles. The highest BCUT2D eigenvalue weighted by atomic mass is 19.1. The van der Waals surface area contributed by atoms with Crippen LogP contribution in [0.2, 0.25) is 0 Å². The Balaban J connectivity index is 2.05. The van der Waals surface area contributed by atoms with Crippen LogP contribution in [0.25, 0.3) is 10.9 Å². The molecule has 3 rings (SSSR count). The molecule has 6 nitrogen and oxygen atoms in total. The number of rotatable bonds is 4. The van der Waals surface area contributed by atoms with E-state index in [0.717, 1.165) is 6.07 Å². The lowest BCUT2D eigenvalue weighted by atomic mass is 10.1. The second-order valence-corrected chi connectivity index (χ2v) is 5.12. The zero-order chi connectivity index (χ0) is 17.3. The van der Waals surface area contributed by atoms with Crippen molar-refractivity contribution in [2.24, 2.45) is 0 Å². The number of nitro groups is 1. The lowest BCUT2D eigenvalue weighted by molar-refractivity contribution is -0.385. The van der Waals surface area contributed by atoms with Gasteiger partial charge < -0.3 is 9.47 Å². The minimum atomic E-state index is -0.805. The number of hydrogen-bond donors (Lipinski definition) is 0. The van der Waals surface area contributed by atoms with Crippen LogP contribution < -0.4 is 9.47 Å². The molecule has 0 bridgehead atoms. The van der Waals surface area contributed by atoms with Crippen molar-refractivity contribution < 1.29 is 18.8 Å². The molecular formula is C17H13FN2O4. The molecule has 24 heavy (non-hydrogen) atoms. The summed E-state index contributed by atoms with van der Waals surface area (Å²) in [7, 11) is 1.56. The van der Waals surface area contributed by atoms with Crippen LogP contribution in [0.5, 0.6) is 17.2 Å². The molecule has 0 atom stereocenters. The Hall–Kier alpha value is -3.22. The number of hydrogen-bond acceptors (Lipinski definition) is 5. The highest BCUT2D eigenvalue weighted by Gasteiger charge is 2.14. The van der Waals surface area contributed by atoms with Gasteiger partial charge in [-0.1, -0.05) is 0 Å². The molecular weight excluding hydrogens is 315 g/mol. The summed E-state index contributed by atoms with van der Waals surface area (Å²) in [5.41, 5.74) is 1.00. The quantitative estimate of drug-likeness (QED) is 0.524. The Morgan fingerprint density at radius 1 is 1.12 bits per heavy atom. The zero-order valence-electron chi connectivity index (χ0n) is 12.9. The van der Waals surface area contributed by atoms with Gasteiger partial charge in [0.1, 0.15) is 11.5 Å². The summed E-state index contributed by atoms with van der Waals surface area (Å²) in [6, 6.07) is 10.2. The average molecular weight is 328 g/mol. The van der Waals surface area contributed by atoms with Gasteiger partial charge in [0.15, 0.2) is 11.6 Å². The molecule has 1 heterocycles. The van der Waals surface area contributed by atoms with Crippen molar-refractivity contribution in [2.75, 3.05) is 7.11 Å². The van der Waals surface area contributed by atoms with Crippen molar-refractivity contribution in [3.8, 4) is 17.2 Å². The van der Waals surface area contributed by atoms with Crippen LogP contribution in [0.15, 0.2) is 42.5 Å². The van der Waals surface area contributed by atoms with Crippen LogP contribution in [0, 0.1) is 22.9 Å². The molecule has 0 amide bonds. The predicted octanol–water partition coefficient (Wildman–Crippen LogP) is 4.39. The predicted molar refractivity (Wildman–Crippen MR) is 86.2 cm³/mol. The maximum Gasteiger partial charge on any atom is 0.272 e. The Morgan fingerprint density at radius 3 is 2.58 bits per heavy atom. The number of nitro benzene ring substituents is 1. The number of aromatic nitrogens is 1. The van der Waals surface area contributed by atoms with Crippen LogP contribution in [0.3, 0.4) is 0 Å². The van der Waals surface area contributed by atoms with E-state index in [1.807, 2.05) is 0 Å². The van der Waals surface area contributed by atoms with Gasteiger partial charge in [-0.15, -0.1) is 0 Å². The van der Waals surface area contributed by atoms with Gasteiger partial charge in [-0.05, 0) is 25.1 Å². The van der Waals surface area contributed by atoms with Gasteiger partial charge >= 0.3 is 0 Å². The monoisotopic (exact) mass is 328 g/mol. The van der Waals surface area contributed by atoms with E-state index in [9.17, 15) is 14.5 Å². The lowest BCUT2D eigenvalue weighted by Gasteiger charge is -2.11. The van der Waals surface area contributed by atoms with E-state index in [0.29, 0.717) is 28.1 Å². The summed E-state index contributed by atoms with van der Waals surface area (Å²) in [4.78, 5) is 14.4. The van der Waals surface area contributed by atoms with E-state index < -0.39 is 10.7 Å². The summed E-state index contributed by atoms with van der Waals surface area (Å²) in [6.45, 7) is 1.79. The van der Waals surface area contributed by atoms with E-state index in [1.54, 1.807) is 38.3 Å². The summed E-state index contributed by atoms with van der Waals surface area (Å²) in [5, 5.41) is 11.4. The molecule has 7 heteroatoms. The standard InChI is InChI=1S/C17H13FN2O4/c1-10-7-17(13-5-4-12(23-2)9-15(13)19-10)24-16-6-3-11(20(21)22)8-14(16)18/h3-9H,1-2H3. The number of nitrogens with zero attached hydrogens (tertiary/aromatic N) is 2. The number of methoxy groups -OCH3 is 1. The van der Waals surface area contributed by atoms with Crippen molar-refractivity contribution in [3.05, 3.63) is 64.1 Å². The first-order valence-corrected chi connectivity index (χ1v) is 7.05. The number of halogens is 1. The van der Waals surface area contributed by atoms with Crippen molar-refractivity contribution in [3.63, 3.8) is 0 Å². The molecule has 2 aromatic carbocycles. The number of non-ortho nitro benzene ring substituents is 1. The van der Waals surface area contributed by atoms with Gasteiger partial charge in [-0.25, -0.2) is 4.39 Å². The summed E-state index contributed by atoms with van der Waals surface area (Å²) in [5.74, 6) is 0.157. The minimum absolute atomic E-state index is 0.0941. The maximum absolute atomic E-state index is 14.1. The van der Waals surface area contributed by atoms with Crippen molar-refractivity contribution in [1.82, 2.24) is 4.98 Å².